The Morgan fingerprint density at radius 1 is 1.47 bits per heavy atom. The Hall–Kier alpha value is -0.910. The Labute approximate surface area is 122 Å². The van der Waals surface area contributed by atoms with Crippen LogP contribution in [-0.2, 0) is 16.1 Å². The van der Waals surface area contributed by atoms with Crippen LogP contribution in [0.2, 0.25) is 0 Å². The van der Waals surface area contributed by atoms with Crippen LogP contribution < -0.4 is 5.84 Å². The summed E-state index contributed by atoms with van der Waals surface area (Å²) in [6.07, 6.45) is 3.60. The van der Waals surface area contributed by atoms with Crippen LogP contribution in [0.4, 0.5) is 0 Å². The molecule has 1 aliphatic rings. The van der Waals surface area contributed by atoms with Gasteiger partial charge in [0.25, 0.3) is 0 Å². The van der Waals surface area contributed by atoms with Gasteiger partial charge in [-0.1, -0.05) is 28.1 Å². The van der Waals surface area contributed by atoms with Crippen molar-refractivity contribution >= 4 is 21.8 Å². The molecule has 1 heterocycles. The van der Waals surface area contributed by atoms with Crippen molar-refractivity contribution in [3.63, 3.8) is 0 Å². The van der Waals surface area contributed by atoms with Crippen LogP contribution in [0.25, 0.3) is 0 Å². The van der Waals surface area contributed by atoms with E-state index in [-0.39, 0.29) is 12.0 Å². The van der Waals surface area contributed by atoms with Gasteiger partial charge in [0.15, 0.2) is 0 Å². The van der Waals surface area contributed by atoms with Gasteiger partial charge in [0.1, 0.15) is 0 Å². The van der Waals surface area contributed by atoms with Gasteiger partial charge in [0.2, 0.25) is 5.91 Å². The number of amides is 1. The SMILES string of the molecule is NN(Cc1cccc(Br)c1)C(=O)CC1CCCCO1. The van der Waals surface area contributed by atoms with Crippen molar-refractivity contribution in [2.24, 2.45) is 5.84 Å². The van der Waals surface area contributed by atoms with Crippen molar-refractivity contribution in [3.05, 3.63) is 34.3 Å². The number of halogens is 1. The van der Waals surface area contributed by atoms with Crippen molar-refractivity contribution < 1.29 is 9.53 Å². The monoisotopic (exact) mass is 326 g/mol. The predicted molar refractivity (Wildman–Crippen MR) is 77.1 cm³/mol. The lowest BCUT2D eigenvalue weighted by atomic mass is 10.1. The topological polar surface area (TPSA) is 55.6 Å². The van der Waals surface area contributed by atoms with Gasteiger partial charge in [-0.3, -0.25) is 9.80 Å². The zero-order valence-electron chi connectivity index (χ0n) is 10.8. The summed E-state index contributed by atoms with van der Waals surface area (Å²) in [7, 11) is 0. The summed E-state index contributed by atoms with van der Waals surface area (Å²) in [5.41, 5.74) is 1.01. The minimum absolute atomic E-state index is 0.0369. The number of benzene rings is 1. The van der Waals surface area contributed by atoms with E-state index in [1.807, 2.05) is 24.3 Å². The van der Waals surface area contributed by atoms with E-state index in [4.69, 9.17) is 10.6 Å². The van der Waals surface area contributed by atoms with Gasteiger partial charge in [-0.25, -0.2) is 5.84 Å². The average Bonchev–Trinajstić information content (AvgIpc) is 2.40. The molecule has 1 unspecified atom stereocenters. The number of nitrogens with two attached hydrogens (primary N) is 1. The van der Waals surface area contributed by atoms with E-state index in [2.05, 4.69) is 15.9 Å². The fourth-order valence-electron chi connectivity index (χ4n) is 2.20. The highest BCUT2D eigenvalue weighted by atomic mass is 79.9. The molecule has 2 rings (SSSR count). The van der Waals surface area contributed by atoms with Crippen molar-refractivity contribution in [2.75, 3.05) is 6.61 Å². The second kappa shape index (κ2) is 7.03. The van der Waals surface area contributed by atoms with Crippen LogP contribution in [0, 0.1) is 0 Å². The van der Waals surface area contributed by atoms with Crippen LogP contribution >= 0.6 is 15.9 Å². The molecule has 1 atom stereocenters. The Kier molecular flexibility index (Phi) is 5.36. The largest absolute Gasteiger partial charge is 0.378 e. The molecule has 1 fully saturated rings. The number of hydrazine groups is 1. The fourth-order valence-corrected chi connectivity index (χ4v) is 2.65. The Morgan fingerprint density at radius 2 is 2.32 bits per heavy atom. The molecule has 0 radical (unpaired) electrons. The van der Waals surface area contributed by atoms with Crippen molar-refractivity contribution in [1.29, 1.82) is 0 Å². The maximum Gasteiger partial charge on any atom is 0.239 e. The first kappa shape index (κ1) is 14.5. The van der Waals surface area contributed by atoms with Gasteiger partial charge < -0.3 is 4.74 Å². The molecule has 5 heteroatoms. The van der Waals surface area contributed by atoms with Crippen molar-refractivity contribution in [2.45, 2.75) is 38.3 Å². The smallest absolute Gasteiger partial charge is 0.239 e. The summed E-state index contributed by atoms with van der Waals surface area (Å²) >= 11 is 3.40. The van der Waals surface area contributed by atoms with E-state index in [9.17, 15) is 4.79 Å². The third-order valence-electron chi connectivity index (χ3n) is 3.24. The molecular formula is C14H19BrN2O2. The second-order valence-corrected chi connectivity index (χ2v) is 5.76. The lowest BCUT2D eigenvalue weighted by Crippen LogP contribution is -2.39. The summed E-state index contributed by atoms with van der Waals surface area (Å²) in [6, 6.07) is 7.79. The van der Waals surface area contributed by atoms with Crippen LogP contribution in [-0.4, -0.2) is 23.6 Å². The number of ether oxygens (including phenoxy) is 1. The molecule has 0 aromatic heterocycles. The van der Waals surface area contributed by atoms with Crippen LogP contribution in [0.15, 0.2) is 28.7 Å². The molecule has 4 nitrogen and oxygen atoms in total. The van der Waals surface area contributed by atoms with Gasteiger partial charge >= 0.3 is 0 Å². The lowest BCUT2D eigenvalue weighted by molar-refractivity contribution is -0.136. The minimum atomic E-state index is -0.0631. The van der Waals surface area contributed by atoms with E-state index in [1.54, 1.807) is 0 Å². The number of hydrogen-bond acceptors (Lipinski definition) is 3. The first-order chi connectivity index (χ1) is 9.15. The molecule has 0 spiro atoms. The maximum atomic E-state index is 12.0. The molecule has 19 heavy (non-hydrogen) atoms. The fraction of sp³-hybridized carbons (Fsp3) is 0.500. The third kappa shape index (κ3) is 4.60. The Morgan fingerprint density at radius 3 is 3.00 bits per heavy atom. The third-order valence-corrected chi connectivity index (χ3v) is 3.73. The van der Waals surface area contributed by atoms with Crippen molar-refractivity contribution in [3.8, 4) is 0 Å². The first-order valence-corrected chi connectivity index (χ1v) is 7.35. The van der Waals surface area contributed by atoms with E-state index >= 15 is 0 Å². The molecule has 104 valence electrons. The molecule has 2 N–H and O–H groups in total. The highest BCUT2D eigenvalue weighted by molar-refractivity contribution is 9.10. The van der Waals surface area contributed by atoms with E-state index in [0.717, 1.165) is 35.9 Å². The van der Waals surface area contributed by atoms with Crippen molar-refractivity contribution in [1.82, 2.24) is 5.01 Å². The van der Waals surface area contributed by atoms with E-state index in [0.29, 0.717) is 13.0 Å². The molecule has 0 saturated carbocycles. The molecular weight excluding hydrogens is 308 g/mol. The van der Waals surface area contributed by atoms with Crippen LogP contribution in [0.3, 0.4) is 0 Å². The van der Waals surface area contributed by atoms with E-state index < -0.39 is 0 Å². The highest BCUT2D eigenvalue weighted by Gasteiger charge is 2.20. The molecule has 0 aliphatic carbocycles. The molecule has 1 aromatic rings. The Bertz CT molecular complexity index is 433. The van der Waals surface area contributed by atoms with Gasteiger partial charge in [-0.15, -0.1) is 0 Å². The number of carbonyl (C=O) groups is 1. The van der Waals surface area contributed by atoms with Crippen LogP contribution in [0.1, 0.15) is 31.2 Å². The highest BCUT2D eigenvalue weighted by Crippen LogP contribution is 2.17. The lowest BCUT2D eigenvalue weighted by Gasteiger charge is -2.24. The first-order valence-electron chi connectivity index (χ1n) is 6.56. The zero-order chi connectivity index (χ0) is 13.7. The average molecular weight is 327 g/mol. The quantitative estimate of drug-likeness (QED) is 0.525. The number of rotatable bonds is 4. The summed E-state index contributed by atoms with van der Waals surface area (Å²) < 4.78 is 6.54. The molecule has 1 aromatic carbocycles. The van der Waals surface area contributed by atoms with Crippen LogP contribution in [0.5, 0.6) is 0 Å². The molecule has 0 bridgehead atoms. The maximum absolute atomic E-state index is 12.0. The van der Waals surface area contributed by atoms with Gasteiger partial charge in [-0.05, 0) is 37.0 Å². The molecule has 1 saturated heterocycles. The minimum Gasteiger partial charge on any atom is -0.378 e. The van der Waals surface area contributed by atoms with Gasteiger partial charge in [0, 0.05) is 11.1 Å². The zero-order valence-corrected chi connectivity index (χ0v) is 12.4. The predicted octanol–water partition coefficient (Wildman–Crippen LogP) is 2.61. The van der Waals surface area contributed by atoms with Gasteiger partial charge in [0.05, 0.1) is 19.1 Å². The van der Waals surface area contributed by atoms with E-state index in [1.165, 1.54) is 5.01 Å². The summed E-state index contributed by atoms with van der Waals surface area (Å²) in [5, 5.41) is 1.28. The molecule has 1 aliphatic heterocycles. The van der Waals surface area contributed by atoms with Gasteiger partial charge in [-0.2, -0.15) is 0 Å². The standard InChI is InChI=1S/C14H19BrN2O2/c15-12-5-3-4-11(8-12)10-17(16)14(18)9-13-6-1-2-7-19-13/h3-5,8,13H,1-2,6-7,9-10,16H2. The summed E-state index contributed by atoms with van der Waals surface area (Å²) in [4.78, 5) is 12.0. The number of hydrogen-bond donors (Lipinski definition) is 1. The number of carbonyl (C=O) groups excluding carboxylic acids is 1. The Balaban J connectivity index is 1.84. The molecule has 1 amide bonds. The summed E-state index contributed by atoms with van der Waals surface area (Å²) in [6.45, 7) is 1.18. The normalized spacial score (nSPS) is 19.2. The number of nitrogens with zero attached hydrogens (tertiary/aromatic N) is 1. The second-order valence-electron chi connectivity index (χ2n) is 4.84. The summed E-state index contributed by atoms with van der Waals surface area (Å²) in [5.74, 6) is 5.77.